The van der Waals surface area contributed by atoms with Gasteiger partial charge in [-0.2, -0.15) is 0 Å². The highest BCUT2D eigenvalue weighted by Gasteiger charge is 2.37. The molecule has 0 heterocycles. The Kier molecular flexibility index (Phi) is 4.40. The van der Waals surface area contributed by atoms with Crippen molar-refractivity contribution in [2.75, 3.05) is 6.54 Å². The van der Waals surface area contributed by atoms with E-state index in [1.165, 1.54) is 56.9 Å². The molecule has 1 aromatic carbocycles. The van der Waals surface area contributed by atoms with Crippen LogP contribution in [0.25, 0.3) is 0 Å². The van der Waals surface area contributed by atoms with Gasteiger partial charge in [-0.1, -0.05) is 25.0 Å². The zero-order valence-electron chi connectivity index (χ0n) is 12.3. The molecule has 110 valence electrons. The third kappa shape index (κ3) is 3.41. The summed E-state index contributed by atoms with van der Waals surface area (Å²) in [5.41, 5.74) is 1.96. The summed E-state index contributed by atoms with van der Waals surface area (Å²) in [6.45, 7) is 1.02. The van der Waals surface area contributed by atoms with Crippen molar-refractivity contribution in [3.05, 3.63) is 35.6 Å². The molecule has 20 heavy (non-hydrogen) atoms. The van der Waals surface area contributed by atoms with E-state index in [1.807, 2.05) is 12.1 Å². The summed E-state index contributed by atoms with van der Waals surface area (Å²) in [5.74, 6) is -0.143. The summed E-state index contributed by atoms with van der Waals surface area (Å²) in [7, 11) is 0. The van der Waals surface area contributed by atoms with Crippen molar-refractivity contribution in [3.8, 4) is 0 Å². The normalized spacial score (nSPS) is 22.4. The van der Waals surface area contributed by atoms with E-state index < -0.39 is 0 Å². The molecule has 1 aromatic rings. The Morgan fingerprint density at radius 3 is 2.30 bits per heavy atom. The largest absolute Gasteiger partial charge is 0.314 e. The summed E-state index contributed by atoms with van der Waals surface area (Å²) in [5, 5.41) is 3.70. The smallest absolute Gasteiger partial charge is 0.123 e. The van der Waals surface area contributed by atoms with Crippen LogP contribution in [-0.2, 0) is 6.42 Å². The highest BCUT2D eigenvalue weighted by molar-refractivity contribution is 5.16. The van der Waals surface area contributed by atoms with E-state index in [2.05, 4.69) is 5.32 Å². The number of hydrogen-bond donors (Lipinski definition) is 1. The van der Waals surface area contributed by atoms with Gasteiger partial charge in [0.05, 0.1) is 0 Å². The highest BCUT2D eigenvalue weighted by atomic mass is 19.1. The Morgan fingerprint density at radius 2 is 1.65 bits per heavy atom. The second kappa shape index (κ2) is 6.26. The standard InChI is InChI=1S/C18H26FN/c19-16-5-3-15(4-6-16)9-14-20-17-7-12-18(13-8-17)10-1-2-11-18/h3-6,17,20H,1-2,7-14H2. The van der Waals surface area contributed by atoms with Gasteiger partial charge in [-0.3, -0.25) is 0 Å². The Bertz CT molecular complexity index is 410. The van der Waals surface area contributed by atoms with Gasteiger partial charge in [0.2, 0.25) is 0 Å². The van der Waals surface area contributed by atoms with Gasteiger partial charge >= 0.3 is 0 Å². The number of nitrogens with one attached hydrogen (secondary N) is 1. The van der Waals surface area contributed by atoms with Crippen LogP contribution in [0.3, 0.4) is 0 Å². The maximum atomic E-state index is 12.8. The van der Waals surface area contributed by atoms with E-state index in [9.17, 15) is 4.39 Å². The van der Waals surface area contributed by atoms with Gasteiger partial charge in [0.15, 0.2) is 0 Å². The maximum absolute atomic E-state index is 12.8. The minimum absolute atomic E-state index is 0.143. The number of halogens is 1. The van der Waals surface area contributed by atoms with Gasteiger partial charge in [-0.05, 0) is 74.6 Å². The molecule has 1 nitrogen and oxygen atoms in total. The molecule has 1 N–H and O–H groups in total. The van der Waals surface area contributed by atoms with Crippen LogP contribution >= 0.6 is 0 Å². The molecule has 0 amide bonds. The van der Waals surface area contributed by atoms with Crippen LogP contribution in [0.4, 0.5) is 4.39 Å². The zero-order valence-corrected chi connectivity index (χ0v) is 12.3. The zero-order chi connectivity index (χ0) is 13.8. The van der Waals surface area contributed by atoms with Gasteiger partial charge in [-0.15, -0.1) is 0 Å². The first-order valence-corrected chi connectivity index (χ1v) is 8.24. The molecule has 2 fully saturated rings. The van der Waals surface area contributed by atoms with Crippen molar-refractivity contribution in [1.29, 1.82) is 0 Å². The second-order valence-corrected chi connectivity index (χ2v) is 6.81. The third-order valence-corrected chi connectivity index (χ3v) is 5.47. The first kappa shape index (κ1) is 14.1. The summed E-state index contributed by atoms with van der Waals surface area (Å²) in [6.07, 6.45) is 12.5. The van der Waals surface area contributed by atoms with Crippen molar-refractivity contribution in [2.24, 2.45) is 5.41 Å². The quantitative estimate of drug-likeness (QED) is 0.855. The molecular formula is C18H26FN. The first-order valence-electron chi connectivity index (χ1n) is 8.24. The minimum atomic E-state index is -0.143. The maximum Gasteiger partial charge on any atom is 0.123 e. The lowest BCUT2D eigenvalue weighted by Crippen LogP contribution is -2.37. The topological polar surface area (TPSA) is 12.0 Å². The van der Waals surface area contributed by atoms with Crippen LogP contribution in [0, 0.1) is 11.2 Å². The second-order valence-electron chi connectivity index (χ2n) is 6.81. The van der Waals surface area contributed by atoms with Crippen molar-refractivity contribution in [3.63, 3.8) is 0 Å². The molecule has 0 bridgehead atoms. The molecule has 2 saturated carbocycles. The van der Waals surface area contributed by atoms with E-state index in [0.717, 1.165) is 18.4 Å². The average Bonchev–Trinajstić information content (AvgIpc) is 2.92. The van der Waals surface area contributed by atoms with Gasteiger partial charge in [0.1, 0.15) is 5.82 Å². The summed E-state index contributed by atoms with van der Waals surface area (Å²) < 4.78 is 12.8. The van der Waals surface area contributed by atoms with Crippen LogP contribution in [-0.4, -0.2) is 12.6 Å². The lowest BCUT2D eigenvalue weighted by Gasteiger charge is -2.37. The van der Waals surface area contributed by atoms with Gasteiger partial charge in [0.25, 0.3) is 0 Å². The molecule has 0 saturated heterocycles. The Morgan fingerprint density at radius 1 is 1.00 bits per heavy atom. The molecule has 2 aliphatic carbocycles. The summed E-state index contributed by atoms with van der Waals surface area (Å²) in [4.78, 5) is 0. The van der Waals surface area contributed by atoms with E-state index in [1.54, 1.807) is 12.1 Å². The Labute approximate surface area is 122 Å². The fraction of sp³-hybridized carbons (Fsp3) is 0.667. The fourth-order valence-corrected chi connectivity index (χ4v) is 4.13. The van der Waals surface area contributed by atoms with Gasteiger partial charge < -0.3 is 5.32 Å². The van der Waals surface area contributed by atoms with Crippen molar-refractivity contribution in [1.82, 2.24) is 5.32 Å². The predicted molar refractivity (Wildman–Crippen MR) is 81.3 cm³/mol. The number of benzene rings is 1. The Hall–Kier alpha value is -0.890. The van der Waals surface area contributed by atoms with E-state index >= 15 is 0 Å². The molecule has 0 unspecified atom stereocenters. The van der Waals surface area contributed by atoms with Gasteiger partial charge in [-0.25, -0.2) is 4.39 Å². The van der Waals surface area contributed by atoms with Crippen molar-refractivity contribution >= 4 is 0 Å². The molecule has 0 atom stereocenters. The summed E-state index contributed by atoms with van der Waals surface area (Å²) >= 11 is 0. The Balaban J connectivity index is 1.38. The van der Waals surface area contributed by atoms with Crippen LogP contribution in [0.2, 0.25) is 0 Å². The SMILES string of the molecule is Fc1ccc(CCNC2CCC3(CCCC3)CC2)cc1. The molecule has 2 heteroatoms. The minimum Gasteiger partial charge on any atom is -0.314 e. The monoisotopic (exact) mass is 275 g/mol. The molecule has 0 aromatic heterocycles. The average molecular weight is 275 g/mol. The van der Waals surface area contributed by atoms with E-state index in [4.69, 9.17) is 0 Å². The molecule has 2 aliphatic rings. The number of rotatable bonds is 4. The van der Waals surface area contributed by atoms with Gasteiger partial charge in [0, 0.05) is 6.04 Å². The molecule has 0 radical (unpaired) electrons. The molecular weight excluding hydrogens is 249 g/mol. The van der Waals surface area contributed by atoms with E-state index in [0.29, 0.717) is 6.04 Å². The molecule has 3 rings (SSSR count). The predicted octanol–water partition coefficient (Wildman–Crippen LogP) is 4.46. The van der Waals surface area contributed by atoms with Crippen LogP contribution in [0.1, 0.15) is 56.9 Å². The van der Waals surface area contributed by atoms with E-state index in [-0.39, 0.29) is 5.82 Å². The van der Waals surface area contributed by atoms with Crippen molar-refractivity contribution in [2.45, 2.75) is 63.8 Å². The molecule has 0 aliphatic heterocycles. The van der Waals surface area contributed by atoms with Crippen molar-refractivity contribution < 1.29 is 4.39 Å². The highest BCUT2D eigenvalue weighted by Crippen LogP contribution is 2.48. The lowest BCUT2D eigenvalue weighted by atomic mass is 9.71. The van der Waals surface area contributed by atoms with Crippen LogP contribution in [0.15, 0.2) is 24.3 Å². The first-order chi connectivity index (χ1) is 9.76. The fourth-order valence-electron chi connectivity index (χ4n) is 4.13. The van der Waals surface area contributed by atoms with Crippen LogP contribution < -0.4 is 5.32 Å². The summed E-state index contributed by atoms with van der Waals surface area (Å²) in [6, 6.07) is 7.61. The molecule has 1 spiro atoms. The number of hydrogen-bond acceptors (Lipinski definition) is 1. The lowest BCUT2D eigenvalue weighted by molar-refractivity contribution is 0.169. The third-order valence-electron chi connectivity index (χ3n) is 5.47. The van der Waals surface area contributed by atoms with Crippen LogP contribution in [0.5, 0.6) is 0 Å².